The standard InChI is InChI=1S/C9H15N3O/c1-6-8(4-5-13-3)7(2)12-9(10)11-6/h4-5H2,1-3H3,(H2,10,11,12). The topological polar surface area (TPSA) is 61.0 Å². The maximum Gasteiger partial charge on any atom is 0.220 e. The van der Waals surface area contributed by atoms with Crippen LogP contribution in [0.25, 0.3) is 0 Å². The largest absolute Gasteiger partial charge is 0.384 e. The van der Waals surface area contributed by atoms with Crippen molar-refractivity contribution in [2.75, 3.05) is 19.5 Å². The highest BCUT2D eigenvalue weighted by Gasteiger charge is 2.05. The van der Waals surface area contributed by atoms with Crippen LogP contribution in [-0.2, 0) is 11.2 Å². The van der Waals surface area contributed by atoms with Crippen LogP contribution >= 0.6 is 0 Å². The van der Waals surface area contributed by atoms with E-state index in [4.69, 9.17) is 10.5 Å². The van der Waals surface area contributed by atoms with E-state index >= 15 is 0 Å². The van der Waals surface area contributed by atoms with E-state index in [1.54, 1.807) is 7.11 Å². The van der Waals surface area contributed by atoms with E-state index in [1.165, 1.54) is 0 Å². The fourth-order valence-corrected chi connectivity index (χ4v) is 1.33. The number of hydrogen-bond acceptors (Lipinski definition) is 4. The monoisotopic (exact) mass is 181 g/mol. The molecule has 1 aromatic heterocycles. The molecular weight excluding hydrogens is 166 g/mol. The fraction of sp³-hybridized carbons (Fsp3) is 0.556. The molecule has 0 saturated carbocycles. The zero-order valence-electron chi connectivity index (χ0n) is 8.29. The Balaban J connectivity index is 2.92. The van der Waals surface area contributed by atoms with Crippen molar-refractivity contribution in [3.05, 3.63) is 17.0 Å². The van der Waals surface area contributed by atoms with E-state index in [0.717, 1.165) is 23.4 Å². The fourth-order valence-electron chi connectivity index (χ4n) is 1.33. The first-order valence-corrected chi connectivity index (χ1v) is 4.23. The Morgan fingerprint density at radius 3 is 2.23 bits per heavy atom. The Morgan fingerprint density at radius 1 is 1.23 bits per heavy atom. The smallest absolute Gasteiger partial charge is 0.220 e. The van der Waals surface area contributed by atoms with E-state index in [0.29, 0.717) is 12.6 Å². The molecule has 72 valence electrons. The molecule has 0 atom stereocenters. The van der Waals surface area contributed by atoms with Crippen molar-refractivity contribution >= 4 is 5.95 Å². The second-order valence-corrected chi connectivity index (χ2v) is 2.97. The molecule has 0 aliphatic carbocycles. The van der Waals surface area contributed by atoms with Gasteiger partial charge in [-0.05, 0) is 25.8 Å². The van der Waals surface area contributed by atoms with Crippen LogP contribution < -0.4 is 5.73 Å². The van der Waals surface area contributed by atoms with Crippen LogP contribution in [0.15, 0.2) is 0 Å². The molecular formula is C9H15N3O. The number of nitrogens with two attached hydrogens (primary N) is 1. The third-order valence-corrected chi connectivity index (χ3v) is 1.99. The summed E-state index contributed by atoms with van der Waals surface area (Å²) in [6, 6.07) is 0. The number of aromatic nitrogens is 2. The Morgan fingerprint density at radius 2 is 1.77 bits per heavy atom. The van der Waals surface area contributed by atoms with Gasteiger partial charge in [0, 0.05) is 18.5 Å². The minimum absolute atomic E-state index is 0.344. The molecule has 0 spiro atoms. The molecule has 0 aliphatic heterocycles. The molecule has 0 fully saturated rings. The van der Waals surface area contributed by atoms with Crippen molar-refractivity contribution in [1.82, 2.24) is 9.97 Å². The van der Waals surface area contributed by atoms with Gasteiger partial charge in [-0.15, -0.1) is 0 Å². The predicted molar refractivity (Wildman–Crippen MR) is 51.5 cm³/mol. The molecule has 0 unspecified atom stereocenters. The van der Waals surface area contributed by atoms with E-state index in [2.05, 4.69) is 9.97 Å². The van der Waals surface area contributed by atoms with E-state index in [9.17, 15) is 0 Å². The molecule has 4 heteroatoms. The minimum Gasteiger partial charge on any atom is -0.384 e. The van der Waals surface area contributed by atoms with Gasteiger partial charge in [0.1, 0.15) is 0 Å². The van der Waals surface area contributed by atoms with Gasteiger partial charge < -0.3 is 10.5 Å². The van der Waals surface area contributed by atoms with Crippen molar-refractivity contribution in [2.24, 2.45) is 0 Å². The molecule has 0 saturated heterocycles. The molecule has 1 heterocycles. The minimum atomic E-state index is 0.344. The summed E-state index contributed by atoms with van der Waals surface area (Å²) in [7, 11) is 1.68. The summed E-state index contributed by atoms with van der Waals surface area (Å²) in [4.78, 5) is 8.20. The summed E-state index contributed by atoms with van der Waals surface area (Å²) in [5.41, 5.74) is 8.53. The van der Waals surface area contributed by atoms with Crippen LogP contribution in [0.3, 0.4) is 0 Å². The molecule has 0 radical (unpaired) electrons. The number of methoxy groups -OCH3 is 1. The van der Waals surface area contributed by atoms with E-state index < -0.39 is 0 Å². The van der Waals surface area contributed by atoms with E-state index in [-0.39, 0.29) is 0 Å². The summed E-state index contributed by atoms with van der Waals surface area (Å²) in [5.74, 6) is 0.344. The van der Waals surface area contributed by atoms with Gasteiger partial charge in [0.2, 0.25) is 5.95 Å². The Bertz CT molecular complexity index is 276. The molecule has 0 amide bonds. The Kier molecular flexibility index (Phi) is 3.19. The highest BCUT2D eigenvalue weighted by Crippen LogP contribution is 2.11. The summed E-state index contributed by atoms with van der Waals surface area (Å²) in [5, 5.41) is 0. The summed E-state index contributed by atoms with van der Waals surface area (Å²) in [6.07, 6.45) is 0.842. The zero-order chi connectivity index (χ0) is 9.84. The van der Waals surface area contributed by atoms with Crippen molar-refractivity contribution in [1.29, 1.82) is 0 Å². The van der Waals surface area contributed by atoms with Gasteiger partial charge in [-0.25, -0.2) is 9.97 Å². The lowest BCUT2D eigenvalue weighted by Gasteiger charge is -2.07. The predicted octanol–water partition coefficient (Wildman–Crippen LogP) is 0.865. The van der Waals surface area contributed by atoms with Crippen LogP contribution in [0.2, 0.25) is 0 Å². The molecule has 2 N–H and O–H groups in total. The lowest BCUT2D eigenvalue weighted by Crippen LogP contribution is -2.07. The average Bonchev–Trinajstić information content (AvgIpc) is 2.02. The summed E-state index contributed by atoms with van der Waals surface area (Å²) < 4.78 is 5.00. The van der Waals surface area contributed by atoms with Crippen molar-refractivity contribution < 1.29 is 4.74 Å². The average molecular weight is 181 g/mol. The van der Waals surface area contributed by atoms with Crippen molar-refractivity contribution in [3.8, 4) is 0 Å². The van der Waals surface area contributed by atoms with Gasteiger partial charge in [0.15, 0.2) is 0 Å². The molecule has 1 aromatic rings. The molecule has 0 aromatic carbocycles. The van der Waals surface area contributed by atoms with Crippen LogP contribution in [-0.4, -0.2) is 23.7 Å². The van der Waals surface area contributed by atoms with Gasteiger partial charge in [0.25, 0.3) is 0 Å². The Labute approximate surface area is 78.1 Å². The maximum absolute atomic E-state index is 5.50. The van der Waals surface area contributed by atoms with Gasteiger partial charge in [-0.2, -0.15) is 0 Å². The molecule has 0 bridgehead atoms. The zero-order valence-corrected chi connectivity index (χ0v) is 8.29. The third kappa shape index (κ3) is 2.39. The van der Waals surface area contributed by atoms with Gasteiger partial charge in [-0.1, -0.05) is 0 Å². The first-order chi connectivity index (χ1) is 6.15. The molecule has 4 nitrogen and oxygen atoms in total. The number of ether oxygens (including phenoxy) is 1. The third-order valence-electron chi connectivity index (χ3n) is 1.99. The summed E-state index contributed by atoms with van der Waals surface area (Å²) in [6.45, 7) is 4.57. The van der Waals surface area contributed by atoms with Crippen LogP contribution in [0.5, 0.6) is 0 Å². The normalized spacial score (nSPS) is 10.4. The number of anilines is 1. The second kappa shape index (κ2) is 4.18. The first-order valence-electron chi connectivity index (χ1n) is 4.23. The van der Waals surface area contributed by atoms with Gasteiger partial charge in [-0.3, -0.25) is 0 Å². The molecule has 0 aliphatic rings. The summed E-state index contributed by atoms with van der Waals surface area (Å²) >= 11 is 0. The first kappa shape index (κ1) is 9.92. The lowest BCUT2D eigenvalue weighted by molar-refractivity contribution is 0.202. The SMILES string of the molecule is COCCc1c(C)nc(N)nc1C. The number of aryl methyl sites for hydroxylation is 2. The second-order valence-electron chi connectivity index (χ2n) is 2.97. The van der Waals surface area contributed by atoms with Gasteiger partial charge >= 0.3 is 0 Å². The maximum atomic E-state index is 5.50. The quantitative estimate of drug-likeness (QED) is 0.751. The highest BCUT2D eigenvalue weighted by atomic mass is 16.5. The van der Waals surface area contributed by atoms with E-state index in [1.807, 2.05) is 13.8 Å². The number of nitrogen functional groups attached to an aromatic ring is 1. The van der Waals surface area contributed by atoms with Crippen LogP contribution in [0.1, 0.15) is 17.0 Å². The number of hydrogen-bond donors (Lipinski definition) is 1. The Hall–Kier alpha value is -1.16. The van der Waals surface area contributed by atoms with Crippen LogP contribution in [0, 0.1) is 13.8 Å². The molecule has 1 rings (SSSR count). The van der Waals surface area contributed by atoms with Crippen molar-refractivity contribution in [3.63, 3.8) is 0 Å². The van der Waals surface area contributed by atoms with Crippen LogP contribution in [0.4, 0.5) is 5.95 Å². The van der Waals surface area contributed by atoms with Gasteiger partial charge in [0.05, 0.1) is 6.61 Å². The number of nitrogens with zero attached hydrogens (tertiary/aromatic N) is 2. The lowest BCUT2D eigenvalue weighted by atomic mass is 10.1. The van der Waals surface area contributed by atoms with Crippen molar-refractivity contribution in [2.45, 2.75) is 20.3 Å². The molecule has 13 heavy (non-hydrogen) atoms. The highest BCUT2D eigenvalue weighted by molar-refractivity contribution is 5.30. The number of rotatable bonds is 3.